The van der Waals surface area contributed by atoms with Crippen molar-refractivity contribution in [1.82, 2.24) is 9.88 Å². The summed E-state index contributed by atoms with van der Waals surface area (Å²) >= 11 is 1.38. The number of nitrogens with zero attached hydrogens (tertiary/aromatic N) is 2. The summed E-state index contributed by atoms with van der Waals surface area (Å²) in [6.45, 7) is 6.50. The van der Waals surface area contributed by atoms with Crippen LogP contribution in [-0.4, -0.2) is 34.8 Å². The number of aromatic nitrogens is 1. The van der Waals surface area contributed by atoms with Gasteiger partial charge in [0.05, 0.1) is 12.2 Å². The fourth-order valence-corrected chi connectivity index (χ4v) is 3.06. The maximum absolute atomic E-state index is 12.2. The molecule has 2 aromatic rings. The molecule has 0 aliphatic carbocycles. The summed E-state index contributed by atoms with van der Waals surface area (Å²) in [5.41, 5.74) is 1.84. The van der Waals surface area contributed by atoms with Crippen LogP contribution in [0.5, 0.6) is 0 Å². The van der Waals surface area contributed by atoms with Crippen LogP contribution >= 0.6 is 11.3 Å². The molecule has 1 N–H and O–H groups in total. The van der Waals surface area contributed by atoms with Crippen LogP contribution < -0.4 is 5.32 Å². The smallest absolute Gasteiger partial charge is 0.245 e. The fraction of sp³-hybridized carbons (Fsp3) is 0.389. The molecular weight excluding hydrogens is 322 g/mol. The third-order valence-corrected chi connectivity index (χ3v) is 4.15. The molecule has 2 amide bonds. The molecule has 0 unspecified atom stereocenters. The number of carbonyl (C=O) groups excluding carboxylic acids is 2. The van der Waals surface area contributed by atoms with Gasteiger partial charge < -0.3 is 10.2 Å². The van der Waals surface area contributed by atoms with E-state index in [2.05, 4.69) is 10.3 Å². The average Bonchev–Trinajstić information content (AvgIpc) is 3.02. The summed E-state index contributed by atoms with van der Waals surface area (Å²) in [5, 5.41) is 5.25. The normalized spacial score (nSPS) is 10.7. The van der Waals surface area contributed by atoms with Crippen molar-refractivity contribution in [3.63, 3.8) is 0 Å². The van der Waals surface area contributed by atoms with Gasteiger partial charge in [-0.1, -0.05) is 51.1 Å². The van der Waals surface area contributed by atoms with Crippen LogP contribution in [-0.2, 0) is 9.59 Å². The molecule has 1 aromatic carbocycles. The summed E-state index contributed by atoms with van der Waals surface area (Å²) in [6.07, 6.45) is 0.398. The number of amides is 2. The molecule has 0 saturated heterocycles. The SMILES string of the molecule is CCC(=O)N(CC(=O)Nc1nc(-c2ccccc2)cs1)CC(C)C. The Balaban J connectivity index is 1.99. The molecule has 1 heterocycles. The van der Waals surface area contributed by atoms with Crippen molar-refractivity contribution in [2.75, 3.05) is 18.4 Å². The molecule has 6 heteroatoms. The Labute approximate surface area is 146 Å². The minimum atomic E-state index is -0.216. The monoisotopic (exact) mass is 345 g/mol. The first-order chi connectivity index (χ1) is 11.5. The molecule has 0 atom stereocenters. The van der Waals surface area contributed by atoms with Gasteiger partial charge in [-0.15, -0.1) is 11.3 Å². The number of nitrogens with one attached hydrogen (secondary N) is 1. The lowest BCUT2D eigenvalue weighted by molar-refractivity contribution is -0.134. The first-order valence-corrected chi connectivity index (χ1v) is 8.96. The predicted octanol–water partition coefficient (Wildman–Crippen LogP) is 3.64. The van der Waals surface area contributed by atoms with E-state index in [1.54, 1.807) is 11.8 Å². The van der Waals surface area contributed by atoms with E-state index in [0.717, 1.165) is 11.3 Å². The van der Waals surface area contributed by atoms with E-state index in [1.807, 2.05) is 49.6 Å². The maximum atomic E-state index is 12.2. The van der Waals surface area contributed by atoms with E-state index in [0.29, 0.717) is 24.0 Å². The Kier molecular flexibility index (Phi) is 6.49. The van der Waals surface area contributed by atoms with Crippen LogP contribution in [0.1, 0.15) is 27.2 Å². The molecule has 24 heavy (non-hydrogen) atoms. The second-order valence-electron chi connectivity index (χ2n) is 5.97. The topological polar surface area (TPSA) is 62.3 Å². The quantitative estimate of drug-likeness (QED) is 0.833. The lowest BCUT2D eigenvalue weighted by atomic mass is 10.2. The van der Waals surface area contributed by atoms with E-state index in [1.165, 1.54) is 11.3 Å². The zero-order valence-corrected chi connectivity index (χ0v) is 15.1. The molecule has 0 fully saturated rings. The molecule has 0 aliphatic rings. The van der Waals surface area contributed by atoms with E-state index in [4.69, 9.17) is 0 Å². The lowest BCUT2D eigenvalue weighted by Gasteiger charge is -2.23. The third kappa shape index (κ3) is 5.16. The minimum Gasteiger partial charge on any atom is -0.333 e. The number of benzene rings is 1. The van der Waals surface area contributed by atoms with Crippen LogP contribution in [0, 0.1) is 5.92 Å². The van der Waals surface area contributed by atoms with Crippen LogP contribution in [0.3, 0.4) is 0 Å². The predicted molar refractivity (Wildman–Crippen MR) is 97.9 cm³/mol. The number of rotatable bonds is 7. The minimum absolute atomic E-state index is 0.0111. The highest BCUT2D eigenvalue weighted by molar-refractivity contribution is 7.14. The van der Waals surface area contributed by atoms with E-state index < -0.39 is 0 Å². The first kappa shape index (κ1) is 18.1. The van der Waals surface area contributed by atoms with Crippen LogP contribution in [0.15, 0.2) is 35.7 Å². The molecule has 0 spiro atoms. The zero-order chi connectivity index (χ0) is 17.5. The van der Waals surface area contributed by atoms with E-state index >= 15 is 0 Å². The van der Waals surface area contributed by atoms with Crippen molar-refractivity contribution < 1.29 is 9.59 Å². The van der Waals surface area contributed by atoms with Crippen molar-refractivity contribution in [2.24, 2.45) is 5.92 Å². The molecule has 1 aromatic heterocycles. The van der Waals surface area contributed by atoms with Gasteiger partial charge in [0, 0.05) is 23.9 Å². The van der Waals surface area contributed by atoms with Gasteiger partial charge in [-0.05, 0) is 5.92 Å². The average molecular weight is 345 g/mol. The van der Waals surface area contributed by atoms with Gasteiger partial charge >= 0.3 is 0 Å². The fourth-order valence-electron chi connectivity index (χ4n) is 2.32. The van der Waals surface area contributed by atoms with Gasteiger partial charge in [0.1, 0.15) is 0 Å². The molecule has 0 bridgehead atoms. The number of thiazole rings is 1. The van der Waals surface area contributed by atoms with Gasteiger partial charge in [-0.25, -0.2) is 4.98 Å². The molecule has 0 aliphatic heterocycles. The van der Waals surface area contributed by atoms with E-state index in [-0.39, 0.29) is 18.4 Å². The first-order valence-electron chi connectivity index (χ1n) is 8.08. The summed E-state index contributed by atoms with van der Waals surface area (Å²) in [4.78, 5) is 30.2. The van der Waals surface area contributed by atoms with Crippen molar-refractivity contribution >= 4 is 28.3 Å². The molecule has 0 radical (unpaired) electrons. The van der Waals surface area contributed by atoms with E-state index in [9.17, 15) is 9.59 Å². The highest BCUT2D eigenvalue weighted by atomic mass is 32.1. The standard InChI is InChI=1S/C18H23N3O2S/c1-4-17(23)21(10-13(2)3)11-16(22)20-18-19-15(12-24-18)14-8-6-5-7-9-14/h5-9,12-13H,4,10-11H2,1-3H3,(H,19,20,22). The van der Waals surface area contributed by atoms with Gasteiger partial charge in [-0.2, -0.15) is 0 Å². The van der Waals surface area contributed by atoms with Gasteiger partial charge in [-0.3, -0.25) is 9.59 Å². The summed E-state index contributed by atoms with van der Waals surface area (Å²) in [5.74, 6) is 0.0900. The lowest BCUT2D eigenvalue weighted by Crippen LogP contribution is -2.39. The second-order valence-corrected chi connectivity index (χ2v) is 6.83. The molecule has 2 rings (SSSR count). The Bertz CT molecular complexity index is 683. The number of carbonyl (C=O) groups is 2. The molecule has 0 saturated carbocycles. The summed E-state index contributed by atoms with van der Waals surface area (Å²) in [7, 11) is 0. The Morgan fingerprint density at radius 1 is 1.25 bits per heavy atom. The third-order valence-electron chi connectivity index (χ3n) is 3.40. The largest absolute Gasteiger partial charge is 0.333 e. The van der Waals surface area contributed by atoms with Crippen molar-refractivity contribution in [1.29, 1.82) is 0 Å². The summed E-state index contributed by atoms with van der Waals surface area (Å²) < 4.78 is 0. The number of hydrogen-bond acceptors (Lipinski definition) is 4. The van der Waals surface area contributed by atoms with Gasteiger partial charge in [0.2, 0.25) is 11.8 Å². The maximum Gasteiger partial charge on any atom is 0.245 e. The van der Waals surface area contributed by atoms with Crippen LogP contribution in [0.2, 0.25) is 0 Å². The van der Waals surface area contributed by atoms with Crippen molar-refractivity contribution in [3.05, 3.63) is 35.7 Å². The number of anilines is 1. The Morgan fingerprint density at radius 3 is 2.58 bits per heavy atom. The second kappa shape index (κ2) is 8.59. The highest BCUT2D eigenvalue weighted by Gasteiger charge is 2.17. The molecular formula is C18H23N3O2S. The highest BCUT2D eigenvalue weighted by Crippen LogP contribution is 2.24. The van der Waals surface area contributed by atoms with Crippen LogP contribution in [0.4, 0.5) is 5.13 Å². The van der Waals surface area contributed by atoms with Crippen LogP contribution in [0.25, 0.3) is 11.3 Å². The number of hydrogen-bond donors (Lipinski definition) is 1. The molecule has 128 valence electrons. The van der Waals surface area contributed by atoms with Gasteiger partial charge in [0.15, 0.2) is 5.13 Å². The molecule has 5 nitrogen and oxygen atoms in total. The Hall–Kier alpha value is -2.21. The van der Waals surface area contributed by atoms with Crippen molar-refractivity contribution in [2.45, 2.75) is 27.2 Å². The summed E-state index contributed by atoms with van der Waals surface area (Å²) in [6, 6.07) is 9.81. The zero-order valence-electron chi connectivity index (χ0n) is 14.3. The van der Waals surface area contributed by atoms with Gasteiger partial charge in [0.25, 0.3) is 0 Å². The Morgan fingerprint density at radius 2 is 1.96 bits per heavy atom. The van der Waals surface area contributed by atoms with Crippen molar-refractivity contribution in [3.8, 4) is 11.3 Å².